The molecular formula is C15H23N5O. The second kappa shape index (κ2) is 6.39. The minimum atomic E-state index is -0.00616. The highest BCUT2D eigenvalue weighted by Crippen LogP contribution is 2.24. The Labute approximate surface area is 125 Å². The molecule has 0 spiro atoms. The fourth-order valence-corrected chi connectivity index (χ4v) is 3.35. The molecule has 3 atom stereocenters. The first-order valence-electron chi connectivity index (χ1n) is 7.82. The van der Waals surface area contributed by atoms with Gasteiger partial charge in [-0.25, -0.2) is 9.97 Å². The second-order valence-corrected chi connectivity index (χ2v) is 6.04. The van der Waals surface area contributed by atoms with Crippen LogP contribution in [0.5, 0.6) is 0 Å². The molecular weight excluding hydrogens is 266 g/mol. The van der Waals surface area contributed by atoms with E-state index in [9.17, 15) is 4.79 Å². The van der Waals surface area contributed by atoms with Gasteiger partial charge in [-0.1, -0.05) is 6.42 Å². The lowest BCUT2D eigenvalue weighted by atomic mass is 10.0. The summed E-state index contributed by atoms with van der Waals surface area (Å²) < 4.78 is 0. The summed E-state index contributed by atoms with van der Waals surface area (Å²) >= 11 is 0. The summed E-state index contributed by atoms with van der Waals surface area (Å²) in [5.41, 5.74) is 6.01. The van der Waals surface area contributed by atoms with Gasteiger partial charge in [0.05, 0.1) is 5.92 Å². The third-order valence-electron chi connectivity index (χ3n) is 4.51. The molecule has 3 N–H and O–H groups in total. The monoisotopic (exact) mass is 289 g/mol. The molecule has 2 fully saturated rings. The average Bonchev–Trinajstić information content (AvgIpc) is 2.95. The van der Waals surface area contributed by atoms with Gasteiger partial charge in [0.1, 0.15) is 0 Å². The van der Waals surface area contributed by atoms with Crippen molar-refractivity contribution in [3.63, 3.8) is 0 Å². The predicted octanol–water partition coefficient (Wildman–Crippen LogP) is 0.689. The van der Waals surface area contributed by atoms with Gasteiger partial charge in [-0.15, -0.1) is 0 Å². The van der Waals surface area contributed by atoms with Crippen LogP contribution in [-0.4, -0.2) is 41.0 Å². The van der Waals surface area contributed by atoms with E-state index in [1.807, 2.05) is 6.07 Å². The summed E-state index contributed by atoms with van der Waals surface area (Å²) in [4.78, 5) is 23.0. The maximum Gasteiger partial charge on any atom is 0.225 e. The summed E-state index contributed by atoms with van der Waals surface area (Å²) in [6.45, 7) is 1.72. The Kier molecular flexibility index (Phi) is 4.34. The van der Waals surface area contributed by atoms with Crippen molar-refractivity contribution in [1.29, 1.82) is 0 Å². The molecule has 1 amide bonds. The maximum absolute atomic E-state index is 12.3. The summed E-state index contributed by atoms with van der Waals surface area (Å²) in [6.07, 6.45) is 8.51. The number of nitrogens with two attached hydrogens (primary N) is 1. The molecule has 2 aliphatic rings. The minimum Gasteiger partial charge on any atom is -0.351 e. The van der Waals surface area contributed by atoms with Crippen LogP contribution >= 0.6 is 0 Å². The van der Waals surface area contributed by atoms with Crippen LogP contribution in [0, 0.1) is 5.92 Å². The van der Waals surface area contributed by atoms with E-state index < -0.39 is 0 Å². The largest absolute Gasteiger partial charge is 0.351 e. The molecule has 3 rings (SSSR count). The van der Waals surface area contributed by atoms with Gasteiger partial charge >= 0.3 is 0 Å². The fraction of sp³-hybridized carbons (Fsp3) is 0.667. The minimum absolute atomic E-state index is 0.00616. The first-order chi connectivity index (χ1) is 10.2. The van der Waals surface area contributed by atoms with Crippen LogP contribution < -0.4 is 16.0 Å². The Hall–Kier alpha value is -1.69. The zero-order valence-electron chi connectivity index (χ0n) is 12.2. The number of carbonyl (C=O) groups is 1. The van der Waals surface area contributed by atoms with Gasteiger partial charge in [0.15, 0.2) is 0 Å². The topological polar surface area (TPSA) is 84.1 Å². The van der Waals surface area contributed by atoms with Gasteiger partial charge in [0, 0.05) is 37.6 Å². The van der Waals surface area contributed by atoms with E-state index in [2.05, 4.69) is 20.2 Å². The van der Waals surface area contributed by atoms with Crippen molar-refractivity contribution in [2.24, 2.45) is 11.7 Å². The maximum atomic E-state index is 12.3. The Morgan fingerprint density at radius 2 is 2.05 bits per heavy atom. The molecule has 6 nitrogen and oxygen atoms in total. The SMILES string of the molecule is NC1CCCC1C(=O)NC1CCCN(c2ncccn2)C1. The van der Waals surface area contributed by atoms with E-state index >= 15 is 0 Å². The average molecular weight is 289 g/mol. The molecule has 1 aromatic rings. The standard InChI is InChI=1S/C15H23N5O/c16-13-6-1-5-12(13)14(21)19-11-4-2-9-20(10-11)15-17-7-3-8-18-15/h3,7-8,11-13H,1-2,4-6,9-10,16H2,(H,19,21). The molecule has 0 aromatic carbocycles. The molecule has 1 aliphatic carbocycles. The summed E-state index contributed by atoms with van der Waals surface area (Å²) in [6, 6.07) is 2.01. The zero-order chi connectivity index (χ0) is 14.7. The van der Waals surface area contributed by atoms with Crippen LogP contribution in [0.3, 0.4) is 0 Å². The van der Waals surface area contributed by atoms with Crippen molar-refractivity contribution in [3.05, 3.63) is 18.5 Å². The Morgan fingerprint density at radius 1 is 1.24 bits per heavy atom. The van der Waals surface area contributed by atoms with E-state index in [1.165, 1.54) is 0 Å². The van der Waals surface area contributed by atoms with Crippen LogP contribution in [0.2, 0.25) is 0 Å². The number of rotatable bonds is 3. The van der Waals surface area contributed by atoms with Crippen LogP contribution in [-0.2, 0) is 4.79 Å². The molecule has 1 saturated heterocycles. The van der Waals surface area contributed by atoms with Crippen LogP contribution in [0.4, 0.5) is 5.95 Å². The molecule has 1 aromatic heterocycles. The highest BCUT2D eigenvalue weighted by atomic mass is 16.2. The van der Waals surface area contributed by atoms with Gasteiger partial charge in [0.2, 0.25) is 11.9 Å². The van der Waals surface area contributed by atoms with Gasteiger partial charge < -0.3 is 16.0 Å². The van der Waals surface area contributed by atoms with Crippen molar-refractivity contribution in [2.45, 2.75) is 44.2 Å². The number of piperidine rings is 1. The van der Waals surface area contributed by atoms with Crippen molar-refractivity contribution in [1.82, 2.24) is 15.3 Å². The first kappa shape index (κ1) is 14.3. The molecule has 2 heterocycles. The van der Waals surface area contributed by atoms with Gasteiger partial charge in [-0.3, -0.25) is 4.79 Å². The van der Waals surface area contributed by atoms with E-state index in [4.69, 9.17) is 5.73 Å². The number of nitrogens with zero attached hydrogens (tertiary/aromatic N) is 3. The molecule has 1 aliphatic heterocycles. The second-order valence-electron chi connectivity index (χ2n) is 6.04. The number of carbonyl (C=O) groups excluding carboxylic acids is 1. The number of nitrogens with one attached hydrogen (secondary N) is 1. The van der Waals surface area contributed by atoms with E-state index in [-0.39, 0.29) is 23.9 Å². The number of anilines is 1. The van der Waals surface area contributed by atoms with Crippen molar-refractivity contribution in [3.8, 4) is 0 Å². The third kappa shape index (κ3) is 3.32. The van der Waals surface area contributed by atoms with Gasteiger partial charge in [-0.05, 0) is 31.7 Å². The lowest BCUT2D eigenvalue weighted by Gasteiger charge is -2.33. The number of hydrogen-bond acceptors (Lipinski definition) is 5. The predicted molar refractivity (Wildman–Crippen MR) is 80.7 cm³/mol. The number of amides is 1. The van der Waals surface area contributed by atoms with Crippen LogP contribution in [0.25, 0.3) is 0 Å². The lowest BCUT2D eigenvalue weighted by molar-refractivity contribution is -0.125. The Morgan fingerprint density at radius 3 is 2.76 bits per heavy atom. The summed E-state index contributed by atoms with van der Waals surface area (Å²) in [5.74, 6) is 0.864. The lowest BCUT2D eigenvalue weighted by Crippen LogP contribution is -2.51. The molecule has 0 bridgehead atoms. The molecule has 0 radical (unpaired) electrons. The van der Waals surface area contributed by atoms with Crippen molar-refractivity contribution in [2.75, 3.05) is 18.0 Å². The summed E-state index contributed by atoms with van der Waals surface area (Å²) in [7, 11) is 0. The third-order valence-corrected chi connectivity index (χ3v) is 4.51. The van der Waals surface area contributed by atoms with Gasteiger partial charge in [-0.2, -0.15) is 0 Å². The van der Waals surface area contributed by atoms with E-state index in [0.29, 0.717) is 0 Å². The quantitative estimate of drug-likeness (QED) is 0.855. The zero-order valence-corrected chi connectivity index (χ0v) is 12.2. The van der Waals surface area contributed by atoms with E-state index in [0.717, 1.165) is 51.1 Å². The van der Waals surface area contributed by atoms with Crippen molar-refractivity contribution >= 4 is 11.9 Å². The van der Waals surface area contributed by atoms with Crippen molar-refractivity contribution < 1.29 is 4.79 Å². The van der Waals surface area contributed by atoms with Gasteiger partial charge in [0.25, 0.3) is 0 Å². The fourth-order valence-electron chi connectivity index (χ4n) is 3.35. The Bertz CT molecular complexity index is 480. The molecule has 114 valence electrons. The van der Waals surface area contributed by atoms with E-state index in [1.54, 1.807) is 12.4 Å². The Balaban J connectivity index is 1.57. The molecule has 6 heteroatoms. The smallest absolute Gasteiger partial charge is 0.225 e. The highest BCUT2D eigenvalue weighted by molar-refractivity contribution is 5.80. The molecule has 3 unspecified atom stereocenters. The number of aromatic nitrogens is 2. The number of hydrogen-bond donors (Lipinski definition) is 2. The molecule has 21 heavy (non-hydrogen) atoms. The van der Waals surface area contributed by atoms with Crippen LogP contribution in [0.15, 0.2) is 18.5 Å². The first-order valence-corrected chi connectivity index (χ1v) is 7.82. The van der Waals surface area contributed by atoms with Crippen LogP contribution in [0.1, 0.15) is 32.1 Å². The highest BCUT2D eigenvalue weighted by Gasteiger charge is 2.32. The summed E-state index contributed by atoms with van der Waals surface area (Å²) in [5, 5.41) is 3.17. The molecule has 1 saturated carbocycles. The normalized spacial score (nSPS) is 29.4.